The molecule has 6 heteroatoms. The molecule has 0 heterocycles. The minimum absolute atomic E-state index is 0.0936. The van der Waals surface area contributed by atoms with Gasteiger partial charge >= 0.3 is 0 Å². The van der Waals surface area contributed by atoms with E-state index in [1.165, 1.54) is 0 Å². The number of hydrogen-bond donors (Lipinski definition) is 3. The van der Waals surface area contributed by atoms with Crippen molar-refractivity contribution in [2.75, 3.05) is 30.3 Å². The number of hydrogen-bond acceptors (Lipinski definition) is 4. The van der Waals surface area contributed by atoms with E-state index >= 15 is 0 Å². The lowest BCUT2D eigenvalue weighted by Crippen LogP contribution is -2.25. The summed E-state index contributed by atoms with van der Waals surface area (Å²) >= 11 is 0. The van der Waals surface area contributed by atoms with Crippen molar-refractivity contribution >= 4 is 23.2 Å². The highest BCUT2D eigenvalue weighted by Crippen LogP contribution is 2.23. The predicted octanol–water partition coefficient (Wildman–Crippen LogP) is 3.28. The van der Waals surface area contributed by atoms with Crippen LogP contribution in [0.5, 0.6) is 5.75 Å². The largest absolute Gasteiger partial charge is 0.492 e. The van der Waals surface area contributed by atoms with Gasteiger partial charge in [0.05, 0.1) is 18.8 Å². The molecule has 0 spiro atoms. The second kappa shape index (κ2) is 10.1. The highest BCUT2D eigenvalue weighted by Gasteiger charge is 2.08. The van der Waals surface area contributed by atoms with Gasteiger partial charge in [0.25, 0.3) is 5.91 Å². The average Bonchev–Trinajstić information content (AvgIpc) is 2.66. The maximum absolute atomic E-state index is 12.2. The van der Waals surface area contributed by atoms with Crippen molar-refractivity contribution in [3.8, 4) is 5.75 Å². The Kier molecular flexibility index (Phi) is 7.49. The molecule has 138 valence electrons. The van der Waals surface area contributed by atoms with Gasteiger partial charge in [-0.15, -0.1) is 0 Å². The van der Waals surface area contributed by atoms with Crippen LogP contribution in [0, 0.1) is 0 Å². The van der Waals surface area contributed by atoms with E-state index in [4.69, 9.17) is 4.74 Å². The van der Waals surface area contributed by atoms with Gasteiger partial charge in [0, 0.05) is 17.8 Å². The van der Waals surface area contributed by atoms with Crippen molar-refractivity contribution in [1.82, 2.24) is 5.32 Å². The molecule has 0 radical (unpaired) electrons. The van der Waals surface area contributed by atoms with Crippen LogP contribution in [0.1, 0.15) is 30.6 Å². The first kappa shape index (κ1) is 19.3. The number of nitrogens with one attached hydrogen (secondary N) is 3. The van der Waals surface area contributed by atoms with Gasteiger partial charge in [-0.25, -0.2) is 0 Å². The molecule has 2 aromatic rings. The molecular formula is C20H25N3O3. The summed E-state index contributed by atoms with van der Waals surface area (Å²) < 4.78 is 5.52. The minimum Gasteiger partial charge on any atom is -0.492 e. The Hall–Kier alpha value is -3.02. The number of ether oxygens (including phenoxy) is 1. The van der Waals surface area contributed by atoms with Crippen molar-refractivity contribution in [2.24, 2.45) is 0 Å². The second-order valence-corrected chi connectivity index (χ2v) is 5.67. The first-order valence-corrected chi connectivity index (χ1v) is 8.77. The van der Waals surface area contributed by atoms with E-state index in [2.05, 4.69) is 16.0 Å². The molecule has 0 fully saturated rings. The summed E-state index contributed by atoms with van der Waals surface area (Å²) in [5, 5.41) is 8.68. The molecule has 0 atom stereocenters. The SMILES string of the molecule is CCCNC(=O)c1cccc(NC(=O)CNc2ccccc2OCC)c1. The van der Waals surface area contributed by atoms with E-state index in [0.717, 1.165) is 12.1 Å². The molecular weight excluding hydrogens is 330 g/mol. The normalized spacial score (nSPS) is 10.1. The summed E-state index contributed by atoms with van der Waals surface area (Å²) in [7, 11) is 0. The third kappa shape index (κ3) is 5.81. The zero-order chi connectivity index (χ0) is 18.8. The highest BCUT2D eigenvalue weighted by atomic mass is 16.5. The van der Waals surface area contributed by atoms with Crippen molar-refractivity contribution < 1.29 is 14.3 Å². The van der Waals surface area contributed by atoms with Crippen molar-refractivity contribution in [2.45, 2.75) is 20.3 Å². The fraction of sp³-hybridized carbons (Fsp3) is 0.300. The number of carbonyl (C=O) groups is 2. The van der Waals surface area contributed by atoms with Crippen LogP contribution in [0.15, 0.2) is 48.5 Å². The topological polar surface area (TPSA) is 79.5 Å². The zero-order valence-corrected chi connectivity index (χ0v) is 15.2. The van der Waals surface area contributed by atoms with Crippen LogP contribution in [-0.2, 0) is 4.79 Å². The first-order valence-electron chi connectivity index (χ1n) is 8.77. The van der Waals surface area contributed by atoms with E-state index in [9.17, 15) is 9.59 Å². The third-order valence-electron chi connectivity index (χ3n) is 3.57. The zero-order valence-electron chi connectivity index (χ0n) is 15.2. The van der Waals surface area contributed by atoms with E-state index in [1.54, 1.807) is 24.3 Å². The van der Waals surface area contributed by atoms with Gasteiger partial charge in [0.15, 0.2) is 0 Å². The molecule has 2 amide bonds. The molecule has 2 aromatic carbocycles. The summed E-state index contributed by atoms with van der Waals surface area (Å²) in [6.45, 7) is 5.17. The number of anilines is 2. The quantitative estimate of drug-likeness (QED) is 0.645. The molecule has 6 nitrogen and oxygen atoms in total. The summed E-state index contributed by atoms with van der Waals surface area (Å²) in [6, 6.07) is 14.3. The lowest BCUT2D eigenvalue weighted by molar-refractivity contribution is -0.114. The molecule has 0 unspecified atom stereocenters. The van der Waals surface area contributed by atoms with Crippen LogP contribution in [0.4, 0.5) is 11.4 Å². The summed E-state index contributed by atoms with van der Waals surface area (Å²) in [4.78, 5) is 24.2. The predicted molar refractivity (Wildman–Crippen MR) is 104 cm³/mol. The second-order valence-electron chi connectivity index (χ2n) is 5.67. The van der Waals surface area contributed by atoms with E-state index in [1.807, 2.05) is 38.1 Å². The molecule has 0 bridgehead atoms. The standard InChI is InChI=1S/C20H25N3O3/c1-3-12-21-20(25)15-8-7-9-16(13-15)23-19(24)14-22-17-10-5-6-11-18(17)26-4-2/h5-11,13,22H,3-4,12,14H2,1-2H3,(H,21,25)(H,23,24). The van der Waals surface area contributed by atoms with Gasteiger partial charge in [0.2, 0.25) is 5.91 Å². The van der Waals surface area contributed by atoms with Crippen LogP contribution in [0.25, 0.3) is 0 Å². The Morgan fingerprint density at radius 2 is 1.85 bits per heavy atom. The number of carbonyl (C=O) groups excluding carboxylic acids is 2. The molecule has 0 aromatic heterocycles. The summed E-state index contributed by atoms with van der Waals surface area (Å²) in [5.41, 5.74) is 1.86. The molecule has 3 N–H and O–H groups in total. The molecule has 0 saturated carbocycles. The van der Waals surface area contributed by atoms with Crippen LogP contribution in [0.3, 0.4) is 0 Å². The maximum Gasteiger partial charge on any atom is 0.251 e. The molecule has 2 rings (SSSR count). The van der Waals surface area contributed by atoms with Crippen molar-refractivity contribution in [3.05, 3.63) is 54.1 Å². The summed E-state index contributed by atoms with van der Waals surface area (Å²) in [6.07, 6.45) is 0.872. The van der Waals surface area contributed by atoms with E-state index in [0.29, 0.717) is 30.2 Å². The average molecular weight is 355 g/mol. The Labute approximate surface area is 153 Å². The third-order valence-corrected chi connectivity index (χ3v) is 3.57. The highest BCUT2D eigenvalue weighted by molar-refractivity contribution is 5.98. The van der Waals surface area contributed by atoms with Gasteiger partial charge in [-0.2, -0.15) is 0 Å². The van der Waals surface area contributed by atoms with Gasteiger partial charge in [-0.3, -0.25) is 9.59 Å². The molecule has 0 aliphatic rings. The Balaban J connectivity index is 1.93. The van der Waals surface area contributed by atoms with Gasteiger partial charge in [-0.1, -0.05) is 25.1 Å². The molecule has 0 saturated heterocycles. The van der Waals surface area contributed by atoms with Crippen molar-refractivity contribution in [1.29, 1.82) is 0 Å². The van der Waals surface area contributed by atoms with Crippen LogP contribution < -0.4 is 20.7 Å². The monoisotopic (exact) mass is 355 g/mol. The van der Waals surface area contributed by atoms with Gasteiger partial charge in [0.1, 0.15) is 5.75 Å². The van der Waals surface area contributed by atoms with Crippen LogP contribution in [-0.4, -0.2) is 31.5 Å². The summed E-state index contributed by atoms with van der Waals surface area (Å²) in [5.74, 6) is 0.353. The molecule has 0 aliphatic carbocycles. The fourth-order valence-corrected chi connectivity index (χ4v) is 2.35. The maximum atomic E-state index is 12.2. The first-order chi connectivity index (χ1) is 12.6. The van der Waals surface area contributed by atoms with Crippen molar-refractivity contribution in [3.63, 3.8) is 0 Å². The lowest BCUT2D eigenvalue weighted by Gasteiger charge is -2.12. The number of amides is 2. The number of rotatable bonds is 9. The Morgan fingerprint density at radius 1 is 1.04 bits per heavy atom. The van der Waals surface area contributed by atoms with Gasteiger partial charge in [-0.05, 0) is 43.7 Å². The Morgan fingerprint density at radius 3 is 2.62 bits per heavy atom. The molecule has 0 aliphatic heterocycles. The molecule has 26 heavy (non-hydrogen) atoms. The minimum atomic E-state index is -0.206. The van der Waals surface area contributed by atoms with E-state index < -0.39 is 0 Å². The van der Waals surface area contributed by atoms with E-state index in [-0.39, 0.29) is 18.4 Å². The van der Waals surface area contributed by atoms with Gasteiger partial charge < -0.3 is 20.7 Å². The number of para-hydroxylation sites is 2. The Bertz CT molecular complexity index is 747. The number of benzene rings is 2. The lowest BCUT2D eigenvalue weighted by atomic mass is 10.2. The van der Waals surface area contributed by atoms with Crippen LogP contribution in [0.2, 0.25) is 0 Å². The van der Waals surface area contributed by atoms with Crippen LogP contribution >= 0.6 is 0 Å². The smallest absolute Gasteiger partial charge is 0.251 e. The fourth-order valence-electron chi connectivity index (χ4n) is 2.35.